The first-order valence-electron chi connectivity index (χ1n) is 9.38. The number of terminal acetylenes is 1. The van der Waals surface area contributed by atoms with Crippen LogP contribution in [0.2, 0.25) is 0 Å². The van der Waals surface area contributed by atoms with Crippen molar-refractivity contribution < 1.29 is 5.11 Å². The van der Waals surface area contributed by atoms with Crippen LogP contribution in [-0.4, -0.2) is 11.2 Å². The van der Waals surface area contributed by atoms with Crippen LogP contribution in [0.25, 0.3) is 0 Å². The highest BCUT2D eigenvalue weighted by atomic mass is 16.3. The van der Waals surface area contributed by atoms with Gasteiger partial charge in [-0.15, -0.1) is 12.3 Å². The minimum Gasteiger partial charge on any atom is -0.393 e. The van der Waals surface area contributed by atoms with Crippen molar-refractivity contribution in [2.75, 3.05) is 0 Å². The van der Waals surface area contributed by atoms with E-state index in [1.165, 1.54) is 32.1 Å². The molecule has 0 bridgehead atoms. The van der Waals surface area contributed by atoms with Crippen LogP contribution in [0.15, 0.2) is 11.6 Å². The molecular formula is C21H30O. The number of fused-ring (bicyclic) bond motifs is 5. The molecule has 1 N–H and O–H groups in total. The molecule has 3 fully saturated rings. The maximum atomic E-state index is 10.1. The molecule has 0 aliphatic heterocycles. The lowest BCUT2D eigenvalue weighted by molar-refractivity contribution is -0.0319. The van der Waals surface area contributed by atoms with Crippen molar-refractivity contribution in [3.63, 3.8) is 0 Å². The Hall–Kier alpha value is -0.740. The Balaban J connectivity index is 1.67. The van der Waals surface area contributed by atoms with Gasteiger partial charge < -0.3 is 5.11 Å². The molecule has 4 rings (SSSR count). The van der Waals surface area contributed by atoms with Gasteiger partial charge in [0.25, 0.3) is 0 Å². The standard InChI is InChI=1S/C21H30O/c1-4-14-5-7-18-17-8-6-15-12-16(22)9-10-21(15,3)19(17)11-13(2)20(14)18/h1,6,13-14,16-20,22H,5,7-12H2,2-3H3/t13-,14+,16+,17?,18?,19?,20?,21+/m1/s1. The zero-order valence-electron chi connectivity index (χ0n) is 14.1. The maximum absolute atomic E-state index is 10.1. The first-order valence-corrected chi connectivity index (χ1v) is 9.38. The fraction of sp³-hybridized carbons (Fsp3) is 0.810. The van der Waals surface area contributed by atoms with Gasteiger partial charge in [0.1, 0.15) is 0 Å². The topological polar surface area (TPSA) is 20.2 Å². The molecule has 4 aliphatic carbocycles. The Morgan fingerprint density at radius 2 is 2.09 bits per heavy atom. The van der Waals surface area contributed by atoms with Crippen molar-refractivity contribution in [1.29, 1.82) is 0 Å². The van der Waals surface area contributed by atoms with Crippen LogP contribution in [0, 0.1) is 53.3 Å². The second-order valence-electron chi connectivity index (χ2n) is 8.85. The highest BCUT2D eigenvalue weighted by Gasteiger charge is 2.55. The summed E-state index contributed by atoms with van der Waals surface area (Å²) in [5, 5.41) is 10.1. The Morgan fingerprint density at radius 3 is 2.86 bits per heavy atom. The second-order valence-corrected chi connectivity index (χ2v) is 8.85. The van der Waals surface area contributed by atoms with Crippen LogP contribution in [-0.2, 0) is 0 Å². The molecular weight excluding hydrogens is 268 g/mol. The fourth-order valence-electron chi connectivity index (χ4n) is 6.90. The molecule has 0 amide bonds. The minimum absolute atomic E-state index is 0.0954. The van der Waals surface area contributed by atoms with E-state index in [1.54, 1.807) is 5.57 Å². The molecule has 3 saturated carbocycles. The van der Waals surface area contributed by atoms with Gasteiger partial charge in [-0.05, 0) is 80.0 Å². The molecule has 4 unspecified atom stereocenters. The molecule has 0 aromatic carbocycles. The summed E-state index contributed by atoms with van der Waals surface area (Å²) in [4.78, 5) is 0. The molecule has 0 saturated heterocycles. The molecule has 0 radical (unpaired) electrons. The molecule has 1 nitrogen and oxygen atoms in total. The third-order valence-electron chi connectivity index (χ3n) is 7.97. The predicted molar refractivity (Wildman–Crippen MR) is 90.0 cm³/mol. The van der Waals surface area contributed by atoms with E-state index in [9.17, 15) is 5.11 Å². The van der Waals surface area contributed by atoms with Gasteiger partial charge >= 0.3 is 0 Å². The van der Waals surface area contributed by atoms with Crippen LogP contribution in [0.4, 0.5) is 0 Å². The monoisotopic (exact) mass is 298 g/mol. The number of hydrogen-bond donors (Lipinski definition) is 1. The van der Waals surface area contributed by atoms with Gasteiger partial charge in [0.2, 0.25) is 0 Å². The molecule has 1 heteroatoms. The van der Waals surface area contributed by atoms with Gasteiger partial charge in [-0.3, -0.25) is 0 Å². The first-order chi connectivity index (χ1) is 10.5. The lowest BCUT2D eigenvalue weighted by Crippen LogP contribution is -2.49. The molecule has 0 aromatic heterocycles. The van der Waals surface area contributed by atoms with Crippen molar-refractivity contribution in [3.05, 3.63) is 11.6 Å². The number of aliphatic hydroxyl groups excluding tert-OH is 1. The van der Waals surface area contributed by atoms with E-state index >= 15 is 0 Å². The predicted octanol–water partition coefficient (Wildman–Crippen LogP) is 4.42. The van der Waals surface area contributed by atoms with Gasteiger partial charge in [0, 0.05) is 5.92 Å². The number of aliphatic hydroxyl groups is 1. The Kier molecular flexibility index (Phi) is 3.46. The highest BCUT2D eigenvalue weighted by molar-refractivity contribution is 5.25. The fourth-order valence-corrected chi connectivity index (χ4v) is 6.90. The summed E-state index contributed by atoms with van der Waals surface area (Å²) in [5.74, 6) is 7.73. The molecule has 0 aromatic rings. The average Bonchev–Trinajstić information content (AvgIpc) is 2.94. The van der Waals surface area contributed by atoms with Crippen molar-refractivity contribution in [1.82, 2.24) is 0 Å². The largest absolute Gasteiger partial charge is 0.393 e. The van der Waals surface area contributed by atoms with Gasteiger partial charge in [0.05, 0.1) is 6.10 Å². The van der Waals surface area contributed by atoms with Crippen LogP contribution >= 0.6 is 0 Å². The SMILES string of the molecule is C#C[C@H]1CCC2C3CC=C4C[C@@H](O)CC[C@]4(C)C3C[C@@H](C)C21. The van der Waals surface area contributed by atoms with E-state index in [2.05, 4.69) is 25.8 Å². The quantitative estimate of drug-likeness (QED) is 0.518. The molecule has 8 atom stereocenters. The lowest BCUT2D eigenvalue weighted by Gasteiger charge is -2.56. The number of allylic oxidation sites excluding steroid dienone is 1. The van der Waals surface area contributed by atoms with E-state index < -0.39 is 0 Å². The maximum Gasteiger partial charge on any atom is 0.0577 e. The summed E-state index contributed by atoms with van der Waals surface area (Å²) in [6, 6.07) is 0. The van der Waals surface area contributed by atoms with Gasteiger partial charge in [-0.1, -0.05) is 25.5 Å². The Morgan fingerprint density at radius 1 is 1.27 bits per heavy atom. The van der Waals surface area contributed by atoms with E-state index in [0.717, 1.165) is 42.4 Å². The van der Waals surface area contributed by atoms with Crippen LogP contribution in [0.5, 0.6) is 0 Å². The molecule has 0 heterocycles. The second kappa shape index (κ2) is 5.13. The third kappa shape index (κ3) is 1.96. The first kappa shape index (κ1) is 14.8. The van der Waals surface area contributed by atoms with Crippen molar-refractivity contribution in [2.45, 2.75) is 64.9 Å². The summed E-state index contributed by atoms with van der Waals surface area (Å²) in [6.45, 7) is 4.96. The van der Waals surface area contributed by atoms with Gasteiger partial charge in [-0.2, -0.15) is 0 Å². The summed E-state index contributed by atoms with van der Waals surface area (Å²) >= 11 is 0. The van der Waals surface area contributed by atoms with Crippen LogP contribution < -0.4 is 0 Å². The summed E-state index contributed by atoms with van der Waals surface area (Å²) in [5.41, 5.74) is 1.93. The molecule has 0 spiro atoms. The van der Waals surface area contributed by atoms with Crippen molar-refractivity contribution >= 4 is 0 Å². The van der Waals surface area contributed by atoms with Gasteiger partial charge in [-0.25, -0.2) is 0 Å². The van der Waals surface area contributed by atoms with E-state index in [1.807, 2.05) is 0 Å². The summed E-state index contributed by atoms with van der Waals surface area (Å²) in [6.07, 6.45) is 16.6. The number of hydrogen-bond acceptors (Lipinski definition) is 1. The average molecular weight is 298 g/mol. The lowest BCUT2D eigenvalue weighted by atomic mass is 9.48. The summed E-state index contributed by atoms with van der Waals surface area (Å²) in [7, 11) is 0. The molecule has 120 valence electrons. The normalized spacial score (nSPS) is 53.7. The van der Waals surface area contributed by atoms with E-state index in [4.69, 9.17) is 6.42 Å². The third-order valence-corrected chi connectivity index (χ3v) is 7.97. The van der Waals surface area contributed by atoms with Crippen LogP contribution in [0.1, 0.15) is 58.8 Å². The van der Waals surface area contributed by atoms with Gasteiger partial charge in [0.15, 0.2) is 0 Å². The van der Waals surface area contributed by atoms with Crippen LogP contribution in [0.3, 0.4) is 0 Å². The highest BCUT2D eigenvalue weighted by Crippen LogP contribution is 2.63. The summed E-state index contributed by atoms with van der Waals surface area (Å²) < 4.78 is 0. The number of rotatable bonds is 0. The van der Waals surface area contributed by atoms with E-state index in [0.29, 0.717) is 11.3 Å². The molecule has 4 aliphatic rings. The minimum atomic E-state index is -0.0954. The molecule has 22 heavy (non-hydrogen) atoms. The smallest absolute Gasteiger partial charge is 0.0577 e. The Bertz CT molecular complexity index is 527. The Labute approximate surface area is 135 Å². The van der Waals surface area contributed by atoms with Crippen molar-refractivity contribution in [2.24, 2.45) is 40.9 Å². The van der Waals surface area contributed by atoms with Crippen molar-refractivity contribution in [3.8, 4) is 12.3 Å². The van der Waals surface area contributed by atoms with E-state index in [-0.39, 0.29) is 6.10 Å². The zero-order chi connectivity index (χ0) is 15.5. The zero-order valence-corrected chi connectivity index (χ0v) is 14.1.